The zero-order valence-corrected chi connectivity index (χ0v) is 26.9. The van der Waals surface area contributed by atoms with Crippen molar-refractivity contribution in [2.24, 2.45) is 0 Å². The van der Waals surface area contributed by atoms with Gasteiger partial charge in [0, 0.05) is 0 Å². The van der Waals surface area contributed by atoms with Crippen LogP contribution < -0.4 is 29.6 Å². The smallest absolute Gasteiger partial charge is 0.744 e. The van der Waals surface area contributed by atoms with E-state index in [0.717, 1.165) is 43.9 Å². The van der Waals surface area contributed by atoms with Crippen LogP contribution in [0.25, 0.3) is 0 Å². The summed E-state index contributed by atoms with van der Waals surface area (Å²) >= 11 is 0. The first-order valence-electron chi connectivity index (χ1n) is 14.0. The molecule has 1 aromatic rings. The number of allylic oxidation sites excluding steroid dienone is 2. The van der Waals surface area contributed by atoms with Gasteiger partial charge in [0.1, 0.15) is 10.1 Å². The molecule has 0 aromatic heterocycles. The molecule has 1 aromatic carbocycles. The molecule has 0 saturated carbocycles. The van der Waals surface area contributed by atoms with E-state index in [-0.39, 0.29) is 53.9 Å². The summed E-state index contributed by atoms with van der Waals surface area (Å²) in [5, 5.41) is 0. The number of hydrogen-bond donors (Lipinski definition) is 0. The van der Waals surface area contributed by atoms with E-state index in [1.54, 1.807) is 0 Å². The van der Waals surface area contributed by atoms with Gasteiger partial charge in [0.15, 0.2) is 0 Å². The molecule has 39 heavy (non-hydrogen) atoms. The number of unbranched alkanes of at least 4 members (excludes halogenated alkanes) is 10. The molecule has 0 N–H and O–H groups in total. The van der Waals surface area contributed by atoms with Gasteiger partial charge in [0.25, 0.3) is 0 Å². The number of carbonyl (C=O) groups is 2. The van der Waals surface area contributed by atoms with Crippen LogP contribution in [0.2, 0.25) is 0 Å². The van der Waals surface area contributed by atoms with Crippen molar-refractivity contribution in [3.8, 4) is 0 Å². The van der Waals surface area contributed by atoms with Crippen molar-refractivity contribution >= 4 is 22.1 Å². The van der Waals surface area contributed by atoms with Crippen LogP contribution in [0.4, 0.5) is 0 Å². The van der Waals surface area contributed by atoms with Crippen LogP contribution in [0, 0.1) is 0 Å². The van der Waals surface area contributed by atoms with Crippen molar-refractivity contribution in [2.45, 2.75) is 109 Å². The van der Waals surface area contributed by atoms with Gasteiger partial charge in [-0.05, 0) is 56.7 Å². The first-order valence-corrected chi connectivity index (χ1v) is 15.5. The van der Waals surface area contributed by atoms with Crippen molar-refractivity contribution in [1.82, 2.24) is 0 Å². The van der Waals surface area contributed by atoms with E-state index < -0.39 is 27.0 Å². The minimum Gasteiger partial charge on any atom is -0.744 e. The van der Waals surface area contributed by atoms with E-state index in [1.165, 1.54) is 51.4 Å². The van der Waals surface area contributed by atoms with Gasteiger partial charge in [-0.2, -0.15) is 0 Å². The molecule has 0 saturated heterocycles. The summed E-state index contributed by atoms with van der Waals surface area (Å²) in [6.45, 7) is 4.55. The fourth-order valence-corrected chi connectivity index (χ4v) is 4.32. The molecular formula is C30H45NaO7S. The monoisotopic (exact) mass is 572 g/mol. The molecule has 0 unspecified atom stereocenters. The Balaban J connectivity index is 0.0000144. The van der Waals surface area contributed by atoms with Gasteiger partial charge in [-0.25, -0.2) is 18.0 Å². The van der Waals surface area contributed by atoms with E-state index in [0.29, 0.717) is 12.8 Å². The van der Waals surface area contributed by atoms with E-state index in [9.17, 15) is 22.6 Å². The molecule has 0 aliphatic heterocycles. The second kappa shape index (κ2) is 23.3. The second-order valence-electron chi connectivity index (χ2n) is 9.36. The third-order valence-electron chi connectivity index (χ3n) is 6.04. The summed E-state index contributed by atoms with van der Waals surface area (Å²) in [5.41, 5.74) is -0.431. The fraction of sp³-hybridized carbons (Fsp3) is 0.600. The Labute approximate surface area is 257 Å². The molecule has 0 bridgehead atoms. The summed E-state index contributed by atoms with van der Waals surface area (Å²) in [5.74, 6) is -1.65. The van der Waals surface area contributed by atoms with Crippen molar-refractivity contribution in [3.63, 3.8) is 0 Å². The molecule has 0 heterocycles. The van der Waals surface area contributed by atoms with Crippen molar-refractivity contribution < 1.29 is 61.6 Å². The Morgan fingerprint density at radius 2 is 1.13 bits per heavy atom. The summed E-state index contributed by atoms with van der Waals surface area (Å²) < 4.78 is 44.9. The van der Waals surface area contributed by atoms with Crippen molar-refractivity contribution in [1.29, 1.82) is 0 Å². The van der Waals surface area contributed by atoms with E-state index >= 15 is 0 Å². The van der Waals surface area contributed by atoms with Crippen molar-refractivity contribution in [2.75, 3.05) is 13.2 Å². The van der Waals surface area contributed by atoms with Crippen LogP contribution in [-0.4, -0.2) is 38.1 Å². The average Bonchev–Trinajstić information content (AvgIpc) is 2.89. The standard InChI is InChI=1S/C30H46O7S.Na/c1-3-5-7-9-11-13-15-17-19-23-36-29(31)27-22-21-26(38(33,34)35)25-28(27)30(32)37-24-20-18-16-14-12-10-8-6-4-2;/h15-18,21-22,25H,3-14,19-20,23-24H2,1-2H3,(H,33,34,35);/q;+1/p-1/b17-15+,18-16+;. The second-order valence-corrected chi connectivity index (χ2v) is 10.7. The first kappa shape index (κ1) is 37.6. The molecule has 0 atom stereocenters. The number of esters is 2. The number of hydrogen-bond acceptors (Lipinski definition) is 7. The van der Waals surface area contributed by atoms with E-state index in [4.69, 9.17) is 9.47 Å². The number of carbonyl (C=O) groups excluding carboxylic acids is 2. The largest absolute Gasteiger partial charge is 1.00 e. The molecular weight excluding hydrogens is 527 g/mol. The van der Waals surface area contributed by atoms with Gasteiger partial charge in [-0.3, -0.25) is 0 Å². The number of ether oxygens (including phenoxy) is 2. The molecule has 214 valence electrons. The number of rotatable bonds is 21. The van der Waals surface area contributed by atoms with Gasteiger partial charge < -0.3 is 14.0 Å². The van der Waals surface area contributed by atoms with Gasteiger partial charge in [-0.1, -0.05) is 89.5 Å². The zero-order valence-electron chi connectivity index (χ0n) is 24.1. The molecule has 0 aliphatic carbocycles. The minimum absolute atomic E-state index is 0. The van der Waals surface area contributed by atoms with Gasteiger partial charge >= 0.3 is 41.5 Å². The third kappa shape index (κ3) is 17.8. The molecule has 0 radical (unpaired) electrons. The first-order chi connectivity index (χ1) is 18.3. The zero-order chi connectivity index (χ0) is 28.1. The van der Waals surface area contributed by atoms with Gasteiger partial charge in [0.2, 0.25) is 0 Å². The van der Waals surface area contributed by atoms with Crippen LogP contribution >= 0.6 is 0 Å². The Morgan fingerprint density at radius 3 is 1.59 bits per heavy atom. The van der Waals surface area contributed by atoms with Crippen molar-refractivity contribution in [3.05, 3.63) is 53.6 Å². The molecule has 0 spiro atoms. The summed E-state index contributed by atoms with van der Waals surface area (Å²) in [4.78, 5) is 24.7. The van der Waals surface area contributed by atoms with Gasteiger partial charge in [0.05, 0.1) is 29.2 Å². The van der Waals surface area contributed by atoms with Crippen LogP contribution in [0.1, 0.15) is 124 Å². The quantitative estimate of drug-likeness (QED) is 0.0700. The van der Waals surface area contributed by atoms with E-state index in [2.05, 4.69) is 19.9 Å². The maximum atomic E-state index is 12.7. The van der Waals surface area contributed by atoms with Gasteiger partial charge in [-0.15, -0.1) is 0 Å². The summed E-state index contributed by atoms with van der Waals surface area (Å²) in [7, 11) is -4.81. The molecule has 0 aliphatic rings. The Bertz CT molecular complexity index is 987. The predicted molar refractivity (Wildman–Crippen MR) is 149 cm³/mol. The Kier molecular flexibility index (Phi) is 22.4. The summed E-state index contributed by atoms with van der Waals surface area (Å²) in [6, 6.07) is 3.00. The molecule has 0 fully saturated rings. The maximum Gasteiger partial charge on any atom is 1.00 e. The van der Waals surface area contributed by atoms with Crippen LogP contribution in [0.3, 0.4) is 0 Å². The maximum absolute atomic E-state index is 12.7. The Hall–Kier alpha value is -1.45. The topological polar surface area (TPSA) is 110 Å². The fourth-order valence-electron chi connectivity index (χ4n) is 3.82. The van der Waals surface area contributed by atoms with Crippen LogP contribution in [-0.2, 0) is 19.6 Å². The van der Waals surface area contributed by atoms with Crippen LogP contribution in [0.15, 0.2) is 47.4 Å². The predicted octanol–water partition coefficient (Wildman–Crippen LogP) is 4.52. The molecule has 7 nitrogen and oxygen atoms in total. The Morgan fingerprint density at radius 1 is 0.692 bits per heavy atom. The normalized spacial score (nSPS) is 11.6. The van der Waals surface area contributed by atoms with E-state index in [1.807, 2.05) is 18.2 Å². The SMILES string of the molecule is CCCCCCC/C=C/CCOC(=O)c1ccc(S(=O)(=O)[O-])cc1C(=O)OCC/C=C/CCCCCCC.[Na+]. The molecule has 0 amide bonds. The third-order valence-corrected chi connectivity index (χ3v) is 6.87. The average molecular weight is 573 g/mol. The minimum atomic E-state index is -4.81. The van der Waals surface area contributed by atoms with Crippen LogP contribution in [0.5, 0.6) is 0 Å². The summed E-state index contributed by atoms with van der Waals surface area (Å²) in [6.07, 6.45) is 23.0. The number of benzene rings is 1. The molecule has 1 rings (SSSR count). The molecule has 9 heteroatoms.